The number of carbonyl (C=O) groups is 1. The summed E-state index contributed by atoms with van der Waals surface area (Å²) in [5.41, 5.74) is 7.20. The largest absolute Gasteiger partial charge is 0.368 e. The van der Waals surface area contributed by atoms with Crippen LogP contribution in [0.3, 0.4) is 0 Å². The molecule has 2 heterocycles. The molecule has 0 aromatic carbocycles. The molecule has 0 radical (unpaired) electrons. The molecule has 1 amide bonds. The molecule has 17 heavy (non-hydrogen) atoms. The van der Waals surface area contributed by atoms with Crippen molar-refractivity contribution in [3.05, 3.63) is 42.2 Å². The number of hydrogen-bond donors (Lipinski definition) is 1. The molecule has 1 aliphatic rings. The zero-order chi connectivity index (χ0) is 12.1. The molecule has 5 nitrogen and oxygen atoms in total. The fourth-order valence-electron chi connectivity index (χ4n) is 1.65. The Hall–Kier alpha value is -2.17. The lowest BCUT2D eigenvalue weighted by molar-refractivity contribution is -0.119. The first-order valence-electron chi connectivity index (χ1n) is 5.40. The Bertz CT molecular complexity index is 453. The Morgan fingerprint density at radius 2 is 2.18 bits per heavy atom. The van der Waals surface area contributed by atoms with E-state index in [9.17, 15) is 4.79 Å². The third kappa shape index (κ3) is 3.41. The average molecular weight is 230 g/mol. The van der Waals surface area contributed by atoms with Gasteiger partial charge in [0.15, 0.2) is 0 Å². The lowest BCUT2D eigenvalue weighted by Gasteiger charge is -2.20. The lowest BCUT2D eigenvalue weighted by atomic mass is 10.1. The Morgan fingerprint density at radius 1 is 1.41 bits per heavy atom. The van der Waals surface area contributed by atoms with Gasteiger partial charge in [-0.2, -0.15) is 5.10 Å². The van der Waals surface area contributed by atoms with Crippen LogP contribution in [0.15, 0.2) is 41.8 Å². The van der Waals surface area contributed by atoms with Gasteiger partial charge < -0.3 is 5.73 Å². The number of carbonyl (C=O) groups excluding carboxylic acids is 1. The van der Waals surface area contributed by atoms with Crippen LogP contribution in [0.4, 0.5) is 0 Å². The second-order valence-corrected chi connectivity index (χ2v) is 3.84. The summed E-state index contributed by atoms with van der Waals surface area (Å²) in [4.78, 5) is 14.8. The Balaban J connectivity index is 2.03. The minimum Gasteiger partial charge on any atom is -0.368 e. The molecule has 0 saturated carbocycles. The van der Waals surface area contributed by atoms with E-state index in [1.54, 1.807) is 17.4 Å². The van der Waals surface area contributed by atoms with Crippen molar-refractivity contribution in [1.29, 1.82) is 0 Å². The summed E-state index contributed by atoms with van der Waals surface area (Å²) in [5, 5.41) is 6.02. The van der Waals surface area contributed by atoms with Crippen molar-refractivity contribution < 1.29 is 4.79 Å². The summed E-state index contributed by atoms with van der Waals surface area (Å²) in [6, 6.07) is 3.90. The van der Waals surface area contributed by atoms with Gasteiger partial charge in [0, 0.05) is 18.8 Å². The highest BCUT2D eigenvalue weighted by atomic mass is 16.1. The summed E-state index contributed by atoms with van der Waals surface area (Å²) in [6.07, 6.45) is 8.19. The molecule has 1 aromatic rings. The quantitative estimate of drug-likeness (QED) is 0.810. The van der Waals surface area contributed by atoms with Gasteiger partial charge in [0.2, 0.25) is 5.91 Å². The molecule has 1 aliphatic heterocycles. The van der Waals surface area contributed by atoms with Gasteiger partial charge >= 0.3 is 0 Å². The number of aromatic nitrogens is 1. The van der Waals surface area contributed by atoms with E-state index in [-0.39, 0.29) is 12.5 Å². The SMILES string of the molecule is NC(=O)CN1CC=CC(Cc2ccncc2)=N1. The summed E-state index contributed by atoms with van der Waals surface area (Å²) in [6.45, 7) is 0.785. The van der Waals surface area contributed by atoms with Gasteiger partial charge in [0.25, 0.3) is 0 Å². The van der Waals surface area contributed by atoms with Crippen molar-refractivity contribution in [3.63, 3.8) is 0 Å². The highest BCUT2D eigenvalue weighted by molar-refractivity contribution is 5.96. The molecule has 2 rings (SSSR count). The van der Waals surface area contributed by atoms with Crippen LogP contribution >= 0.6 is 0 Å². The zero-order valence-corrected chi connectivity index (χ0v) is 9.41. The van der Waals surface area contributed by atoms with Gasteiger partial charge in [0.1, 0.15) is 6.54 Å². The van der Waals surface area contributed by atoms with E-state index in [1.165, 1.54) is 0 Å². The first-order chi connectivity index (χ1) is 8.24. The average Bonchev–Trinajstić information content (AvgIpc) is 2.30. The maximum Gasteiger partial charge on any atom is 0.238 e. The van der Waals surface area contributed by atoms with Gasteiger partial charge in [-0.1, -0.05) is 6.08 Å². The highest BCUT2D eigenvalue weighted by Gasteiger charge is 2.09. The minimum atomic E-state index is -0.368. The number of hydrogen-bond acceptors (Lipinski definition) is 4. The van der Waals surface area contributed by atoms with Crippen LogP contribution in [-0.2, 0) is 11.2 Å². The number of rotatable bonds is 4. The van der Waals surface area contributed by atoms with Crippen molar-refractivity contribution >= 4 is 11.6 Å². The maximum atomic E-state index is 10.8. The Kier molecular flexibility index (Phi) is 3.49. The molecule has 88 valence electrons. The van der Waals surface area contributed by atoms with Crippen LogP contribution in [0, 0.1) is 0 Å². The van der Waals surface area contributed by atoms with Gasteiger partial charge in [0.05, 0.1) is 12.3 Å². The number of pyridine rings is 1. The van der Waals surface area contributed by atoms with Crippen molar-refractivity contribution in [1.82, 2.24) is 9.99 Å². The fraction of sp³-hybridized carbons (Fsp3) is 0.250. The van der Waals surface area contributed by atoms with Crippen molar-refractivity contribution in [2.45, 2.75) is 6.42 Å². The number of amides is 1. The van der Waals surface area contributed by atoms with Crippen molar-refractivity contribution in [3.8, 4) is 0 Å². The Morgan fingerprint density at radius 3 is 2.88 bits per heavy atom. The maximum absolute atomic E-state index is 10.8. The molecular weight excluding hydrogens is 216 g/mol. The minimum absolute atomic E-state index is 0.157. The fourth-order valence-corrected chi connectivity index (χ4v) is 1.65. The summed E-state index contributed by atoms with van der Waals surface area (Å²) in [5.74, 6) is -0.368. The van der Waals surface area contributed by atoms with Crippen LogP contribution in [-0.4, -0.2) is 34.7 Å². The molecular formula is C12H14N4O. The second-order valence-electron chi connectivity index (χ2n) is 3.84. The molecule has 0 bridgehead atoms. The normalized spacial score (nSPS) is 14.6. The van der Waals surface area contributed by atoms with E-state index in [1.807, 2.05) is 24.3 Å². The summed E-state index contributed by atoms with van der Waals surface area (Å²) < 4.78 is 0. The third-order valence-corrected chi connectivity index (χ3v) is 2.37. The summed E-state index contributed by atoms with van der Waals surface area (Å²) in [7, 11) is 0. The summed E-state index contributed by atoms with van der Waals surface area (Å²) >= 11 is 0. The first kappa shape index (κ1) is 11.3. The van der Waals surface area contributed by atoms with Crippen LogP contribution in [0.5, 0.6) is 0 Å². The van der Waals surface area contributed by atoms with Gasteiger partial charge in [-0.05, 0) is 23.8 Å². The van der Waals surface area contributed by atoms with Crippen LogP contribution < -0.4 is 5.73 Å². The topological polar surface area (TPSA) is 71.6 Å². The number of nitrogens with two attached hydrogens (primary N) is 1. The molecule has 0 aliphatic carbocycles. The van der Waals surface area contributed by atoms with E-state index in [2.05, 4.69) is 10.1 Å². The third-order valence-electron chi connectivity index (χ3n) is 2.37. The Labute approximate surface area is 99.6 Å². The molecule has 0 spiro atoms. The van der Waals surface area contributed by atoms with E-state index in [0.717, 1.165) is 17.7 Å². The predicted octanol–water partition coefficient (Wildman–Crippen LogP) is 0.337. The van der Waals surface area contributed by atoms with Crippen molar-refractivity contribution in [2.24, 2.45) is 10.8 Å². The van der Waals surface area contributed by atoms with Crippen LogP contribution in [0.2, 0.25) is 0 Å². The molecule has 0 saturated heterocycles. The van der Waals surface area contributed by atoms with Gasteiger partial charge in [-0.25, -0.2) is 0 Å². The molecule has 0 atom stereocenters. The second kappa shape index (κ2) is 5.25. The van der Waals surface area contributed by atoms with Crippen molar-refractivity contribution in [2.75, 3.05) is 13.1 Å². The lowest BCUT2D eigenvalue weighted by Crippen LogP contribution is -2.32. The van der Waals surface area contributed by atoms with E-state index >= 15 is 0 Å². The van der Waals surface area contributed by atoms with Crippen LogP contribution in [0.1, 0.15) is 5.56 Å². The highest BCUT2D eigenvalue weighted by Crippen LogP contribution is 2.05. The number of hydrazone groups is 1. The molecule has 5 heteroatoms. The monoisotopic (exact) mass is 230 g/mol. The van der Waals surface area contributed by atoms with E-state index < -0.39 is 0 Å². The van der Waals surface area contributed by atoms with E-state index in [4.69, 9.17) is 5.73 Å². The smallest absolute Gasteiger partial charge is 0.238 e. The number of nitrogens with zero attached hydrogens (tertiary/aromatic N) is 3. The number of allylic oxidation sites excluding steroid dienone is 1. The molecule has 1 aromatic heterocycles. The van der Waals surface area contributed by atoms with E-state index in [0.29, 0.717) is 6.54 Å². The molecule has 0 unspecified atom stereocenters. The van der Waals surface area contributed by atoms with Gasteiger partial charge in [-0.15, -0.1) is 0 Å². The number of primary amides is 1. The first-order valence-corrected chi connectivity index (χ1v) is 5.40. The standard InChI is InChI=1S/C12H14N4O/c13-12(17)9-16-7-1-2-11(15-16)8-10-3-5-14-6-4-10/h1-6H,7-9H2,(H2,13,17). The van der Waals surface area contributed by atoms with Crippen LogP contribution in [0.25, 0.3) is 0 Å². The predicted molar refractivity (Wildman–Crippen MR) is 65.3 cm³/mol. The zero-order valence-electron chi connectivity index (χ0n) is 9.41. The molecule has 0 fully saturated rings. The van der Waals surface area contributed by atoms with Gasteiger partial charge in [-0.3, -0.25) is 14.8 Å². The molecule has 2 N–H and O–H groups in total.